The van der Waals surface area contributed by atoms with Gasteiger partial charge >= 0.3 is 12.1 Å². The molecule has 3 unspecified atom stereocenters. The number of thiazole rings is 3. The van der Waals surface area contributed by atoms with Gasteiger partial charge in [0.1, 0.15) is 33.1 Å². The van der Waals surface area contributed by atoms with Crippen LogP contribution in [0.2, 0.25) is 0 Å². The summed E-state index contributed by atoms with van der Waals surface area (Å²) in [6.45, 7) is 10.2. The Morgan fingerprint density at radius 3 is 1.40 bits per heavy atom. The first kappa shape index (κ1) is 62.1. The molecule has 3 aliphatic heterocycles. The number of carbonyl (C=O) groups is 2. The highest BCUT2D eigenvalue weighted by atomic mass is 32.1. The molecule has 454 valence electrons. The predicted octanol–water partition coefficient (Wildman–Crippen LogP) is 14.9. The molecule has 0 radical (unpaired) electrons. The number of urea groups is 2. The molecule has 21 heteroatoms. The van der Waals surface area contributed by atoms with Crippen LogP contribution < -0.4 is 41.4 Å². The van der Waals surface area contributed by atoms with Gasteiger partial charge in [-0.3, -0.25) is 0 Å². The Hall–Kier alpha value is -11.5. The van der Waals surface area contributed by atoms with Crippen molar-refractivity contribution in [2.75, 3.05) is 7.11 Å². The van der Waals surface area contributed by atoms with E-state index in [1.165, 1.54) is 46.3 Å². The summed E-state index contributed by atoms with van der Waals surface area (Å²) in [5.74, 6) is 1.64. The van der Waals surface area contributed by atoms with Crippen LogP contribution in [0.5, 0.6) is 11.5 Å². The molecule has 0 bridgehead atoms. The van der Waals surface area contributed by atoms with Gasteiger partial charge in [-0.15, -0.1) is 34.0 Å². The lowest BCUT2D eigenvalue weighted by Gasteiger charge is -2.31. The lowest BCUT2D eigenvalue weighted by Crippen LogP contribution is -2.42. The maximum absolute atomic E-state index is 13.3. The van der Waals surface area contributed by atoms with Gasteiger partial charge in [-0.25, -0.2) is 29.5 Å². The molecule has 3 aliphatic rings. The Labute approximate surface area is 542 Å². The van der Waals surface area contributed by atoms with E-state index in [4.69, 9.17) is 40.2 Å². The predicted molar refractivity (Wildman–Crippen MR) is 356 cm³/mol. The normalized spacial score (nSPS) is 15.8. The summed E-state index contributed by atoms with van der Waals surface area (Å²) >= 11 is 4.57. The fourth-order valence-electron chi connectivity index (χ4n) is 10.4. The average Bonchev–Trinajstić information content (AvgIpc) is 1.48. The summed E-state index contributed by atoms with van der Waals surface area (Å²) in [4.78, 5) is 42.7. The molecule has 0 spiro atoms. The van der Waals surface area contributed by atoms with E-state index in [0.29, 0.717) is 29.1 Å². The SMILES string of the molecule is C=C1NC(C)=C(c2nc(-c3ccc(C#N)cc3)cs2)C(c2ccc(F)nc2)N1.CC1=C(c2nc(-c3ccc(C#N)cc3)cs2)C(c2ccc(OCc3ccccc3)cc2)NC(=O)N1.COc1cccc(C2NC(=O)NC(C)=C2c2nc(-c3ccc(C#N)cc3)cs2)c1. The van der Waals surface area contributed by atoms with E-state index in [9.17, 15) is 14.0 Å². The number of amides is 4. The summed E-state index contributed by atoms with van der Waals surface area (Å²) in [6.07, 6.45) is 1.52. The van der Waals surface area contributed by atoms with Crippen LogP contribution in [0.15, 0.2) is 216 Å². The number of benzene rings is 6. The van der Waals surface area contributed by atoms with E-state index >= 15 is 0 Å². The second kappa shape index (κ2) is 28.3. The van der Waals surface area contributed by atoms with Crippen molar-refractivity contribution in [3.8, 4) is 63.5 Å². The van der Waals surface area contributed by atoms with Crippen LogP contribution in [0.4, 0.5) is 14.0 Å². The first-order valence-electron chi connectivity index (χ1n) is 28.7. The van der Waals surface area contributed by atoms with E-state index in [-0.39, 0.29) is 30.2 Å². The van der Waals surface area contributed by atoms with E-state index in [2.05, 4.69) is 61.7 Å². The highest BCUT2D eigenvalue weighted by Crippen LogP contribution is 2.41. The van der Waals surface area contributed by atoms with Crippen LogP contribution in [0.1, 0.15) is 92.9 Å². The molecule has 7 heterocycles. The number of hydrogen-bond acceptors (Lipinski definition) is 16. The minimum atomic E-state index is -0.517. The number of halogens is 1. The van der Waals surface area contributed by atoms with Gasteiger partial charge in [0.2, 0.25) is 5.95 Å². The van der Waals surface area contributed by atoms with Crippen molar-refractivity contribution >= 4 is 62.8 Å². The summed E-state index contributed by atoms with van der Waals surface area (Å²) in [6, 6.07) is 55.5. The van der Waals surface area contributed by atoms with E-state index in [1.807, 2.05) is 152 Å². The maximum Gasteiger partial charge on any atom is 0.319 e. The van der Waals surface area contributed by atoms with E-state index < -0.39 is 5.95 Å². The zero-order chi connectivity index (χ0) is 64.3. The monoisotopic (exact) mass is 1270 g/mol. The van der Waals surface area contributed by atoms with Crippen molar-refractivity contribution in [3.05, 3.63) is 276 Å². The van der Waals surface area contributed by atoms with Crippen molar-refractivity contribution in [3.63, 3.8) is 0 Å². The van der Waals surface area contributed by atoms with Gasteiger partial charge in [0.25, 0.3) is 0 Å². The first-order valence-corrected chi connectivity index (χ1v) is 31.3. The largest absolute Gasteiger partial charge is 0.497 e. The second-order valence-corrected chi connectivity index (χ2v) is 23.6. The zero-order valence-electron chi connectivity index (χ0n) is 49.9. The number of nitrogens with one attached hydrogen (secondary N) is 6. The molecule has 0 saturated carbocycles. The number of methoxy groups -OCH3 is 1. The highest BCUT2D eigenvalue weighted by Gasteiger charge is 2.32. The third-order valence-electron chi connectivity index (χ3n) is 15.0. The summed E-state index contributed by atoms with van der Waals surface area (Å²) in [5.41, 5.74) is 16.2. The molecule has 0 fully saturated rings. The number of allylic oxidation sites excluding steroid dienone is 3. The number of nitriles is 3. The van der Waals surface area contributed by atoms with Gasteiger partial charge < -0.3 is 41.4 Å². The molecule has 3 atom stereocenters. The Kier molecular flexibility index (Phi) is 19.1. The van der Waals surface area contributed by atoms with Crippen LogP contribution in [0.25, 0.3) is 50.5 Å². The number of pyridine rings is 1. The standard InChI is InChI=1S/C28H22N4O2S.C22H18N4O2S.C21H16FN5S/c1-18-25(27-31-24(17-35-27)21-9-7-19(15-29)8-10-21)26(32-28(33)30-18)22-11-13-23(14-12-22)34-16-20-5-3-2-4-6-20;1-13-19(20(26-22(27)24-13)16-4-3-5-17(10-16)28-2)21-25-18(12-29-21)15-8-6-14(11-23)7-9-15;1-12-19(20(26-13(2)25-12)16-7-8-18(22)24-10-16)21-27-17(11-28-21)15-5-3-14(9-23)4-6-15/h2-14,17,26H,16H2,1H3,(H2,30,32,33);3-10,12,20H,1-2H3,(H2,24,26,27);3-8,10-11,20,25-26H,2H2,1H3. The molecule has 0 aliphatic carbocycles. The van der Waals surface area contributed by atoms with Crippen LogP contribution in [-0.4, -0.2) is 39.1 Å². The topological polar surface area (TPSA) is 248 Å². The second-order valence-electron chi connectivity index (χ2n) is 21.1. The molecule has 0 saturated heterocycles. The molecule has 10 aromatic rings. The number of carbonyl (C=O) groups excluding carboxylic acids is 2. The average molecular weight is 1270 g/mol. The Balaban J connectivity index is 0.000000143. The van der Waals surface area contributed by atoms with Crippen LogP contribution in [0, 0.1) is 39.9 Å². The number of rotatable bonds is 13. The van der Waals surface area contributed by atoms with Gasteiger partial charge in [-0.1, -0.05) is 104 Å². The maximum atomic E-state index is 13.3. The van der Waals surface area contributed by atoms with Gasteiger partial charge in [-0.2, -0.15) is 20.2 Å². The first-order chi connectivity index (χ1) is 44.7. The number of aromatic nitrogens is 4. The molecular formula is C71H56FN13O4S3. The fourth-order valence-corrected chi connectivity index (χ4v) is 13.3. The van der Waals surface area contributed by atoms with Crippen molar-refractivity contribution in [1.29, 1.82) is 15.8 Å². The van der Waals surface area contributed by atoms with Crippen LogP contribution in [-0.2, 0) is 6.61 Å². The van der Waals surface area contributed by atoms with E-state index in [0.717, 1.165) is 116 Å². The molecule has 92 heavy (non-hydrogen) atoms. The molecule has 13 rings (SSSR count). The van der Waals surface area contributed by atoms with E-state index in [1.54, 1.807) is 49.6 Å². The van der Waals surface area contributed by atoms with Crippen molar-refractivity contribution < 1.29 is 23.5 Å². The Morgan fingerprint density at radius 1 is 0.511 bits per heavy atom. The molecule has 17 nitrogen and oxygen atoms in total. The minimum Gasteiger partial charge on any atom is -0.497 e. The summed E-state index contributed by atoms with van der Waals surface area (Å²) in [5, 5.41) is 53.7. The zero-order valence-corrected chi connectivity index (χ0v) is 52.4. The molecule has 6 aromatic carbocycles. The minimum absolute atomic E-state index is 0.234. The number of nitrogens with zero attached hydrogens (tertiary/aromatic N) is 7. The van der Waals surface area contributed by atoms with Gasteiger partial charge in [0.05, 0.1) is 83.0 Å². The molecule has 6 N–H and O–H groups in total. The Morgan fingerprint density at radius 2 is 0.957 bits per heavy atom. The van der Waals surface area contributed by atoms with Gasteiger partial charge in [-0.05, 0) is 110 Å². The lowest BCUT2D eigenvalue weighted by atomic mass is 9.96. The fraction of sp³-hybridized carbons (Fsp3) is 0.113. The van der Waals surface area contributed by atoms with Crippen LogP contribution >= 0.6 is 34.0 Å². The molecular weight excluding hydrogens is 1210 g/mol. The number of ether oxygens (including phenoxy) is 2. The lowest BCUT2D eigenvalue weighted by molar-refractivity contribution is 0.239. The Bertz CT molecular complexity index is 4600. The quantitative estimate of drug-likeness (QED) is 0.0589. The third-order valence-corrected chi connectivity index (χ3v) is 17.6. The molecule has 4 aromatic heterocycles. The van der Waals surface area contributed by atoms with Crippen molar-refractivity contribution in [2.24, 2.45) is 0 Å². The number of hydrogen-bond donors (Lipinski definition) is 6. The van der Waals surface area contributed by atoms with Crippen LogP contribution in [0.3, 0.4) is 0 Å². The van der Waals surface area contributed by atoms with Gasteiger partial charge in [0.15, 0.2) is 0 Å². The van der Waals surface area contributed by atoms with Gasteiger partial charge in [0, 0.05) is 72.8 Å². The third kappa shape index (κ3) is 14.5. The van der Waals surface area contributed by atoms with Crippen molar-refractivity contribution in [2.45, 2.75) is 45.5 Å². The smallest absolute Gasteiger partial charge is 0.319 e. The molecule has 4 amide bonds. The van der Waals surface area contributed by atoms with Crippen molar-refractivity contribution in [1.82, 2.24) is 51.8 Å². The summed E-state index contributed by atoms with van der Waals surface area (Å²) in [7, 11) is 1.62. The highest BCUT2D eigenvalue weighted by molar-refractivity contribution is 7.11. The summed E-state index contributed by atoms with van der Waals surface area (Å²) < 4.78 is 24.5.